The van der Waals surface area contributed by atoms with Crippen molar-refractivity contribution in [1.82, 2.24) is 0 Å². The van der Waals surface area contributed by atoms with Crippen molar-refractivity contribution < 1.29 is 14.2 Å². The zero-order valence-corrected chi connectivity index (χ0v) is 12.7. The van der Waals surface area contributed by atoms with Gasteiger partial charge in [0.15, 0.2) is 0 Å². The van der Waals surface area contributed by atoms with Gasteiger partial charge >= 0.3 is 0 Å². The van der Waals surface area contributed by atoms with Crippen LogP contribution in [0.1, 0.15) is 27.0 Å². The highest BCUT2D eigenvalue weighted by Crippen LogP contribution is 2.37. The van der Waals surface area contributed by atoms with Gasteiger partial charge in [0.2, 0.25) is 0 Å². The predicted octanol–water partition coefficient (Wildman–Crippen LogP) is 3.77. The molecule has 0 aliphatic carbocycles. The summed E-state index contributed by atoms with van der Waals surface area (Å²) < 4.78 is 19.0. The third-order valence-corrected chi connectivity index (χ3v) is 5.72. The molecule has 2 nitrogen and oxygen atoms in total. The molecule has 1 aromatic heterocycles. The maximum absolute atomic E-state index is 14.0. The molecular formula is C15H15FO2S2. The number of hydrogen-bond donors (Lipinski definition) is 1. The first-order valence-corrected chi connectivity index (χ1v) is 8.37. The van der Waals surface area contributed by atoms with Gasteiger partial charge in [0.25, 0.3) is 0 Å². The van der Waals surface area contributed by atoms with Gasteiger partial charge in [0, 0.05) is 27.1 Å². The minimum absolute atomic E-state index is 0.303. The summed E-state index contributed by atoms with van der Waals surface area (Å²) in [5.74, 6) is 2.14. The van der Waals surface area contributed by atoms with E-state index in [2.05, 4.69) is 0 Å². The maximum atomic E-state index is 14.0. The van der Waals surface area contributed by atoms with Crippen LogP contribution in [0.2, 0.25) is 0 Å². The van der Waals surface area contributed by atoms with E-state index in [1.165, 1.54) is 23.6 Å². The smallest absolute Gasteiger partial charge is 0.133 e. The summed E-state index contributed by atoms with van der Waals surface area (Å²) in [7, 11) is 1.50. The van der Waals surface area contributed by atoms with Crippen LogP contribution >= 0.6 is 23.1 Å². The molecule has 3 rings (SSSR count). The van der Waals surface area contributed by atoms with E-state index in [0.717, 1.165) is 22.8 Å². The molecule has 0 saturated heterocycles. The molecule has 0 fully saturated rings. The number of hydrogen-bond acceptors (Lipinski definition) is 4. The average molecular weight is 310 g/mol. The lowest BCUT2D eigenvalue weighted by molar-refractivity contribution is 0.218. The van der Waals surface area contributed by atoms with Crippen LogP contribution in [-0.4, -0.2) is 18.0 Å². The molecule has 2 heterocycles. The molecule has 1 unspecified atom stereocenters. The van der Waals surface area contributed by atoms with E-state index < -0.39 is 11.9 Å². The lowest BCUT2D eigenvalue weighted by Gasteiger charge is -2.11. The largest absolute Gasteiger partial charge is 0.497 e. The third-order valence-electron chi connectivity index (χ3n) is 3.42. The van der Waals surface area contributed by atoms with Gasteiger partial charge in [-0.3, -0.25) is 0 Å². The van der Waals surface area contributed by atoms with E-state index in [9.17, 15) is 9.50 Å². The highest BCUT2D eigenvalue weighted by atomic mass is 32.2. The van der Waals surface area contributed by atoms with Gasteiger partial charge in [-0.1, -0.05) is 0 Å². The van der Waals surface area contributed by atoms with Crippen LogP contribution in [0.3, 0.4) is 0 Å². The Hall–Kier alpha value is -1.04. The summed E-state index contributed by atoms with van der Waals surface area (Å²) in [5.41, 5.74) is 1.59. The number of fused-ring (bicyclic) bond motifs is 1. The lowest BCUT2D eigenvalue weighted by atomic mass is 10.1. The second kappa shape index (κ2) is 5.76. The zero-order chi connectivity index (χ0) is 14.1. The number of thiophene rings is 1. The van der Waals surface area contributed by atoms with E-state index in [0.29, 0.717) is 11.3 Å². The van der Waals surface area contributed by atoms with Gasteiger partial charge in [-0.05, 0) is 35.9 Å². The molecule has 106 valence electrons. The highest BCUT2D eigenvalue weighted by Gasteiger charge is 2.21. The Balaban J connectivity index is 1.92. The number of halogens is 1. The molecule has 0 radical (unpaired) electrons. The molecule has 1 atom stereocenters. The Morgan fingerprint density at radius 2 is 2.20 bits per heavy atom. The van der Waals surface area contributed by atoms with Crippen LogP contribution in [0.15, 0.2) is 24.3 Å². The van der Waals surface area contributed by atoms with Crippen LogP contribution in [0.4, 0.5) is 4.39 Å². The molecule has 0 bridgehead atoms. The first-order valence-electron chi connectivity index (χ1n) is 6.39. The summed E-state index contributed by atoms with van der Waals surface area (Å²) >= 11 is 3.50. The second-order valence-electron chi connectivity index (χ2n) is 4.69. The van der Waals surface area contributed by atoms with E-state index in [4.69, 9.17) is 4.74 Å². The molecule has 1 aliphatic rings. The molecule has 1 N–H and O–H groups in total. The molecule has 1 aromatic carbocycles. The Kier molecular flexibility index (Phi) is 4.01. The number of thioether (sulfide) groups is 1. The monoisotopic (exact) mass is 310 g/mol. The fourth-order valence-electron chi connectivity index (χ4n) is 2.31. The fraction of sp³-hybridized carbons (Fsp3) is 0.333. The summed E-state index contributed by atoms with van der Waals surface area (Å²) in [6.45, 7) is 0. The minimum atomic E-state index is -0.901. The van der Waals surface area contributed by atoms with Crippen molar-refractivity contribution in [2.45, 2.75) is 18.3 Å². The van der Waals surface area contributed by atoms with Gasteiger partial charge in [-0.2, -0.15) is 11.8 Å². The Morgan fingerprint density at radius 1 is 1.35 bits per heavy atom. The van der Waals surface area contributed by atoms with E-state index in [-0.39, 0.29) is 0 Å². The molecular weight excluding hydrogens is 295 g/mol. The lowest BCUT2D eigenvalue weighted by Crippen LogP contribution is -2.01. The standard InChI is InChI=1S/C15H15FO2S2/c1-18-10-2-3-11(12(16)7-10)15(17)14-6-9-8-19-5-4-13(9)20-14/h2-3,6-7,15,17H,4-5,8H2,1H3. The van der Waals surface area contributed by atoms with E-state index >= 15 is 0 Å². The Labute approximate surface area is 125 Å². The number of rotatable bonds is 3. The minimum Gasteiger partial charge on any atom is -0.497 e. The Bertz CT molecular complexity index is 601. The zero-order valence-electron chi connectivity index (χ0n) is 11.1. The van der Waals surface area contributed by atoms with Gasteiger partial charge in [0.05, 0.1) is 7.11 Å². The Morgan fingerprint density at radius 3 is 2.90 bits per heavy atom. The third kappa shape index (κ3) is 2.57. The quantitative estimate of drug-likeness (QED) is 0.936. The van der Waals surface area contributed by atoms with Crippen molar-refractivity contribution in [1.29, 1.82) is 0 Å². The molecule has 1 aliphatic heterocycles. The van der Waals surface area contributed by atoms with Crippen molar-refractivity contribution >= 4 is 23.1 Å². The van der Waals surface area contributed by atoms with Crippen molar-refractivity contribution in [2.24, 2.45) is 0 Å². The summed E-state index contributed by atoms with van der Waals surface area (Å²) in [6, 6.07) is 6.58. The van der Waals surface area contributed by atoms with Crippen molar-refractivity contribution in [3.05, 3.63) is 51.0 Å². The molecule has 20 heavy (non-hydrogen) atoms. The van der Waals surface area contributed by atoms with E-state index in [1.54, 1.807) is 23.5 Å². The van der Waals surface area contributed by atoms with Crippen LogP contribution in [0.25, 0.3) is 0 Å². The summed E-state index contributed by atoms with van der Waals surface area (Å²) in [4.78, 5) is 2.15. The number of aryl methyl sites for hydroxylation is 1. The van der Waals surface area contributed by atoms with Gasteiger partial charge < -0.3 is 9.84 Å². The van der Waals surface area contributed by atoms with Crippen LogP contribution < -0.4 is 4.74 Å². The van der Waals surface area contributed by atoms with E-state index in [1.807, 2.05) is 17.8 Å². The van der Waals surface area contributed by atoms with Crippen molar-refractivity contribution in [2.75, 3.05) is 12.9 Å². The first kappa shape index (κ1) is 13.9. The fourth-order valence-corrected chi connectivity index (χ4v) is 4.70. The van der Waals surface area contributed by atoms with Crippen molar-refractivity contribution in [3.63, 3.8) is 0 Å². The predicted molar refractivity (Wildman–Crippen MR) is 81.2 cm³/mol. The summed E-state index contributed by atoms with van der Waals surface area (Å²) in [6.07, 6.45) is 0.143. The number of ether oxygens (including phenoxy) is 1. The van der Waals surface area contributed by atoms with Gasteiger partial charge in [0.1, 0.15) is 17.7 Å². The van der Waals surface area contributed by atoms with Crippen LogP contribution in [0, 0.1) is 5.82 Å². The molecule has 0 amide bonds. The first-order chi connectivity index (χ1) is 9.69. The normalized spacial score (nSPS) is 15.8. The molecule has 2 aromatic rings. The van der Waals surface area contributed by atoms with Crippen LogP contribution in [0.5, 0.6) is 5.75 Å². The molecule has 0 saturated carbocycles. The number of benzene rings is 1. The number of methoxy groups -OCH3 is 1. The van der Waals surface area contributed by atoms with Gasteiger partial charge in [-0.15, -0.1) is 11.3 Å². The number of aliphatic hydroxyl groups excluding tert-OH is 1. The topological polar surface area (TPSA) is 29.5 Å². The second-order valence-corrected chi connectivity index (χ2v) is 6.96. The molecule has 5 heteroatoms. The maximum Gasteiger partial charge on any atom is 0.133 e. The summed E-state index contributed by atoms with van der Waals surface area (Å²) in [5, 5.41) is 10.4. The van der Waals surface area contributed by atoms with Crippen molar-refractivity contribution in [3.8, 4) is 5.75 Å². The highest BCUT2D eigenvalue weighted by molar-refractivity contribution is 7.98. The number of aliphatic hydroxyl groups is 1. The van der Waals surface area contributed by atoms with Crippen LogP contribution in [-0.2, 0) is 12.2 Å². The average Bonchev–Trinajstić information content (AvgIpc) is 2.90. The molecule has 0 spiro atoms. The van der Waals surface area contributed by atoms with Gasteiger partial charge in [-0.25, -0.2) is 4.39 Å². The SMILES string of the molecule is COc1ccc(C(O)c2cc3c(s2)CCSC3)c(F)c1.